The van der Waals surface area contributed by atoms with Crippen molar-refractivity contribution in [1.29, 1.82) is 0 Å². The van der Waals surface area contributed by atoms with Crippen molar-refractivity contribution in [1.82, 2.24) is 20.1 Å². The van der Waals surface area contributed by atoms with Crippen LogP contribution in [0.1, 0.15) is 22.3 Å². The molecule has 2 N–H and O–H groups in total. The van der Waals surface area contributed by atoms with Gasteiger partial charge in [0.1, 0.15) is 6.04 Å². The third-order valence-corrected chi connectivity index (χ3v) is 7.29. The number of aromatic nitrogens is 1. The van der Waals surface area contributed by atoms with E-state index in [0.29, 0.717) is 33.9 Å². The number of rotatable bonds is 11. The normalized spacial score (nSPS) is 11.9. The summed E-state index contributed by atoms with van der Waals surface area (Å²) >= 11 is 3.54. The van der Waals surface area contributed by atoms with Gasteiger partial charge in [-0.1, -0.05) is 60.7 Å². The highest BCUT2D eigenvalue weighted by molar-refractivity contribution is 9.10. The number of aryl methyl sites for hydroxylation is 1. The van der Waals surface area contributed by atoms with Crippen LogP contribution in [0.3, 0.4) is 0 Å². The van der Waals surface area contributed by atoms with E-state index in [2.05, 4.69) is 31.5 Å². The summed E-state index contributed by atoms with van der Waals surface area (Å²) in [6.07, 6.45) is 0.369. The van der Waals surface area contributed by atoms with Crippen LogP contribution < -0.4 is 16.3 Å². The van der Waals surface area contributed by atoms with Gasteiger partial charge in [-0.3, -0.25) is 9.59 Å². The maximum atomic E-state index is 13.6. The largest absolute Gasteiger partial charge is 0.389 e. The Morgan fingerprint density at radius 2 is 1.63 bits per heavy atom. The SMILES string of the molecule is Cc1c(CNC(=O)CN(C)C)cc(Br)c2nc(N[C@@H](Cc3ccccc3)C(=O)N(C)Cc3ccccc3)oc(=O)c12. The molecule has 10 heteroatoms. The van der Waals surface area contributed by atoms with Gasteiger partial charge >= 0.3 is 5.63 Å². The molecule has 1 aromatic heterocycles. The Bertz CT molecular complexity index is 1570. The van der Waals surface area contributed by atoms with Gasteiger partial charge in [-0.25, -0.2) is 4.79 Å². The van der Waals surface area contributed by atoms with E-state index in [0.717, 1.165) is 16.7 Å². The Morgan fingerprint density at radius 3 is 2.27 bits per heavy atom. The van der Waals surface area contributed by atoms with E-state index in [1.807, 2.05) is 80.8 Å². The van der Waals surface area contributed by atoms with Crippen molar-refractivity contribution in [3.63, 3.8) is 0 Å². The number of nitrogens with one attached hydrogen (secondary N) is 2. The molecule has 0 aliphatic carbocycles. The average Bonchev–Trinajstić information content (AvgIpc) is 2.94. The second kappa shape index (κ2) is 13.6. The summed E-state index contributed by atoms with van der Waals surface area (Å²) in [5.41, 5.74) is 3.22. The van der Waals surface area contributed by atoms with Gasteiger partial charge < -0.3 is 24.9 Å². The van der Waals surface area contributed by atoms with Crippen LogP contribution in [0.15, 0.2) is 80.4 Å². The monoisotopic (exact) mass is 619 g/mol. The first-order valence-corrected chi connectivity index (χ1v) is 14.0. The molecule has 0 aliphatic rings. The molecule has 0 fully saturated rings. The van der Waals surface area contributed by atoms with Crippen LogP contribution in [0.25, 0.3) is 10.9 Å². The maximum Gasteiger partial charge on any atom is 0.348 e. The first kappa shape index (κ1) is 30.0. The van der Waals surface area contributed by atoms with E-state index in [9.17, 15) is 14.4 Å². The van der Waals surface area contributed by atoms with Crippen LogP contribution in [-0.2, 0) is 29.1 Å². The number of benzene rings is 3. The highest BCUT2D eigenvalue weighted by Crippen LogP contribution is 2.28. The van der Waals surface area contributed by atoms with Gasteiger partial charge in [0, 0.05) is 31.0 Å². The zero-order valence-corrected chi connectivity index (χ0v) is 25.2. The minimum absolute atomic E-state index is 0.0444. The molecule has 1 atom stereocenters. The number of fused-ring (bicyclic) bond motifs is 1. The third-order valence-electron chi connectivity index (χ3n) is 6.68. The fourth-order valence-corrected chi connectivity index (χ4v) is 5.16. The molecule has 0 aliphatic heterocycles. The van der Waals surface area contributed by atoms with Crippen LogP contribution in [-0.4, -0.2) is 60.3 Å². The molecule has 4 rings (SSSR count). The zero-order valence-electron chi connectivity index (χ0n) is 23.6. The van der Waals surface area contributed by atoms with Gasteiger partial charge in [0.2, 0.25) is 11.8 Å². The second-order valence-electron chi connectivity index (χ2n) is 10.3. The van der Waals surface area contributed by atoms with Crippen LogP contribution in [0.2, 0.25) is 0 Å². The van der Waals surface area contributed by atoms with Crippen LogP contribution in [0.5, 0.6) is 0 Å². The number of amides is 2. The lowest BCUT2D eigenvalue weighted by atomic mass is 10.0. The highest BCUT2D eigenvalue weighted by Gasteiger charge is 2.25. The predicted octanol–water partition coefficient (Wildman–Crippen LogP) is 4.12. The van der Waals surface area contributed by atoms with E-state index >= 15 is 0 Å². The quantitative estimate of drug-likeness (QED) is 0.260. The lowest BCUT2D eigenvalue weighted by molar-refractivity contribution is -0.131. The second-order valence-corrected chi connectivity index (χ2v) is 11.1. The van der Waals surface area contributed by atoms with Crippen molar-refractivity contribution in [2.75, 3.05) is 33.0 Å². The number of carbonyl (C=O) groups is 2. The van der Waals surface area contributed by atoms with Gasteiger partial charge in [-0.05, 0) is 65.3 Å². The molecule has 41 heavy (non-hydrogen) atoms. The fourth-order valence-electron chi connectivity index (χ4n) is 4.59. The molecule has 214 valence electrons. The number of hydrogen-bond acceptors (Lipinski definition) is 7. The summed E-state index contributed by atoms with van der Waals surface area (Å²) in [7, 11) is 5.39. The van der Waals surface area contributed by atoms with Crippen LogP contribution in [0.4, 0.5) is 6.01 Å². The first-order chi connectivity index (χ1) is 19.6. The fraction of sp³-hybridized carbons (Fsp3) is 0.290. The Hall–Kier alpha value is -4.02. The van der Waals surface area contributed by atoms with Crippen molar-refractivity contribution in [2.45, 2.75) is 32.5 Å². The molecule has 4 aromatic rings. The van der Waals surface area contributed by atoms with Gasteiger partial charge in [-0.2, -0.15) is 4.98 Å². The van der Waals surface area contributed by atoms with E-state index in [4.69, 9.17) is 4.42 Å². The molecule has 2 amide bonds. The molecule has 0 unspecified atom stereocenters. The number of anilines is 1. The molecule has 3 aromatic carbocycles. The van der Waals surface area contributed by atoms with E-state index in [1.54, 1.807) is 23.8 Å². The topological polar surface area (TPSA) is 108 Å². The number of halogens is 1. The predicted molar refractivity (Wildman–Crippen MR) is 164 cm³/mol. The Labute approximate surface area is 247 Å². The van der Waals surface area contributed by atoms with Crippen molar-refractivity contribution in [3.8, 4) is 0 Å². The highest BCUT2D eigenvalue weighted by atomic mass is 79.9. The first-order valence-electron chi connectivity index (χ1n) is 13.3. The van der Waals surface area contributed by atoms with E-state index in [1.165, 1.54) is 0 Å². The third kappa shape index (κ3) is 7.80. The summed E-state index contributed by atoms with van der Waals surface area (Å²) in [4.78, 5) is 47.0. The van der Waals surface area contributed by atoms with Crippen molar-refractivity contribution < 1.29 is 14.0 Å². The Balaban J connectivity index is 1.62. The van der Waals surface area contributed by atoms with Gasteiger partial charge in [0.25, 0.3) is 6.01 Å². The minimum Gasteiger partial charge on any atom is -0.389 e. The summed E-state index contributed by atoms with van der Waals surface area (Å²) in [5, 5.41) is 6.28. The molecule has 9 nitrogen and oxygen atoms in total. The number of likely N-dealkylation sites (N-methyl/N-ethyl adjacent to an activating group) is 2. The summed E-state index contributed by atoms with van der Waals surface area (Å²) in [6, 6.07) is 20.4. The van der Waals surface area contributed by atoms with Gasteiger partial charge in [0.05, 0.1) is 17.4 Å². The van der Waals surface area contributed by atoms with Gasteiger partial charge in [0.15, 0.2) is 0 Å². The molecule has 0 radical (unpaired) electrons. The minimum atomic E-state index is -0.731. The summed E-state index contributed by atoms with van der Waals surface area (Å²) in [6.45, 7) is 2.75. The molecular weight excluding hydrogens is 586 g/mol. The van der Waals surface area contributed by atoms with E-state index in [-0.39, 0.29) is 30.9 Å². The number of nitrogens with zero attached hydrogens (tertiary/aromatic N) is 3. The molecule has 0 bridgehead atoms. The number of carbonyl (C=O) groups excluding carboxylic acids is 2. The smallest absolute Gasteiger partial charge is 0.348 e. The lowest BCUT2D eigenvalue weighted by Gasteiger charge is -2.25. The average molecular weight is 621 g/mol. The lowest BCUT2D eigenvalue weighted by Crippen LogP contribution is -2.42. The zero-order chi connectivity index (χ0) is 29.5. The maximum absolute atomic E-state index is 13.6. The number of hydrogen-bond donors (Lipinski definition) is 2. The van der Waals surface area contributed by atoms with Crippen molar-refractivity contribution in [2.24, 2.45) is 0 Å². The van der Waals surface area contributed by atoms with Crippen molar-refractivity contribution in [3.05, 3.63) is 104 Å². The van der Waals surface area contributed by atoms with Crippen LogP contribution in [0, 0.1) is 6.92 Å². The van der Waals surface area contributed by atoms with Crippen LogP contribution >= 0.6 is 15.9 Å². The molecule has 0 spiro atoms. The molecular formula is C31H34BrN5O4. The van der Waals surface area contributed by atoms with Crippen molar-refractivity contribution >= 4 is 44.7 Å². The summed E-state index contributed by atoms with van der Waals surface area (Å²) < 4.78 is 6.19. The molecule has 1 heterocycles. The Kier molecular flexibility index (Phi) is 9.91. The standard InChI is InChI=1S/C31H34BrN5O4/c1-20-23(17-33-26(38)19-36(2)3)16-24(32)28-27(20)30(40)41-31(35-28)34-25(15-21-11-7-5-8-12-21)29(39)37(4)18-22-13-9-6-10-14-22/h5-14,16,25H,15,17-19H2,1-4H3,(H,33,38)(H,34,35)/t25-/m0/s1. The summed E-state index contributed by atoms with van der Waals surface area (Å²) in [5.74, 6) is -0.289. The molecule has 0 saturated carbocycles. The Morgan fingerprint density at radius 1 is 1.00 bits per heavy atom. The van der Waals surface area contributed by atoms with Gasteiger partial charge in [-0.15, -0.1) is 0 Å². The van der Waals surface area contributed by atoms with E-state index < -0.39 is 11.7 Å². The molecule has 0 saturated heterocycles.